The van der Waals surface area contributed by atoms with Crippen LogP contribution in [0.1, 0.15) is 35.7 Å². The Bertz CT molecular complexity index is 579. The number of benzene rings is 1. The Labute approximate surface area is 132 Å². The first-order valence-corrected chi connectivity index (χ1v) is 7.30. The maximum atomic E-state index is 12.6. The lowest BCUT2D eigenvalue weighted by molar-refractivity contribution is -0.145. The zero-order chi connectivity index (χ0) is 17.2. The van der Waals surface area contributed by atoms with Crippen molar-refractivity contribution in [1.29, 1.82) is 0 Å². The minimum absolute atomic E-state index is 0.0388. The third-order valence-electron chi connectivity index (χ3n) is 3.78. The minimum atomic E-state index is -4.43. The van der Waals surface area contributed by atoms with Crippen molar-refractivity contribution in [2.45, 2.75) is 32.0 Å². The number of amides is 1. The molecule has 126 valence electrons. The molecule has 2 rings (SSSR count). The van der Waals surface area contributed by atoms with Crippen LogP contribution in [0.5, 0.6) is 0 Å². The molecule has 23 heavy (non-hydrogen) atoms. The highest BCUT2D eigenvalue weighted by Gasteiger charge is 2.36. The third-order valence-corrected chi connectivity index (χ3v) is 3.78. The van der Waals surface area contributed by atoms with Crippen LogP contribution < -0.4 is 0 Å². The van der Waals surface area contributed by atoms with Crippen molar-refractivity contribution >= 4 is 11.9 Å². The van der Waals surface area contributed by atoms with Crippen molar-refractivity contribution in [2.24, 2.45) is 5.92 Å². The average molecular weight is 329 g/mol. The quantitative estimate of drug-likeness (QED) is 0.780. The van der Waals surface area contributed by atoms with E-state index < -0.39 is 23.6 Å². The fraction of sp³-hybridized carbons (Fsp3) is 0.500. The van der Waals surface area contributed by atoms with Crippen LogP contribution in [0.2, 0.25) is 0 Å². The molecule has 0 aromatic heterocycles. The van der Waals surface area contributed by atoms with Gasteiger partial charge < -0.3 is 9.64 Å². The zero-order valence-electron chi connectivity index (χ0n) is 12.9. The van der Waals surface area contributed by atoms with Gasteiger partial charge in [-0.05, 0) is 37.1 Å². The molecule has 1 aromatic carbocycles. The Kier molecular flexibility index (Phi) is 4.97. The molecule has 1 saturated carbocycles. The Balaban J connectivity index is 2.13. The van der Waals surface area contributed by atoms with Crippen molar-refractivity contribution < 1.29 is 27.5 Å². The van der Waals surface area contributed by atoms with Gasteiger partial charge in [0.2, 0.25) is 0 Å². The molecule has 1 unspecified atom stereocenters. The van der Waals surface area contributed by atoms with Gasteiger partial charge in [-0.15, -0.1) is 0 Å². The summed E-state index contributed by atoms with van der Waals surface area (Å²) < 4.78 is 42.4. The molecule has 1 aliphatic carbocycles. The van der Waals surface area contributed by atoms with Crippen LogP contribution in [0.25, 0.3) is 0 Å². The van der Waals surface area contributed by atoms with Gasteiger partial charge in [-0.2, -0.15) is 13.2 Å². The number of hydrogen-bond acceptors (Lipinski definition) is 3. The lowest BCUT2D eigenvalue weighted by Gasteiger charge is -2.25. The molecule has 1 aliphatic rings. The number of alkyl halides is 3. The van der Waals surface area contributed by atoms with Crippen molar-refractivity contribution in [3.63, 3.8) is 0 Å². The maximum Gasteiger partial charge on any atom is 0.416 e. The normalized spacial score (nSPS) is 15.9. The van der Waals surface area contributed by atoms with E-state index in [1.54, 1.807) is 11.8 Å². The smallest absolute Gasteiger partial charge is 0.416 e. The molecule has 1 aromatic rings. The van der Waals surface area contributed by atoms with Gasteiger partial charge in [0.25, 0.3) is 5.91 Å². The summed E-state index contributed by atoms with van der Waals surface area (Å²) in [6.45, 7) is 1.85. The zero-order valence-corrected chi connectivity index (χ0v) is 12.9. The maximum absolute atomic E-state index is 12.6. The summed E-state index contributed by atoms with van der Waals surface area (Å²) in [5.41, 5.74) is -0.614. The Morgan fingerprint density at radius 2 is 1.83 bits per heavy atom. The molecule has 4 nitrogen and oxygen atoms in total. The van der Waals surface area contributed by atoms with Crippen LogP contribution >= 0.6 is 0 Å². The molecule has 0 N–H and O–H groups in total. The summed E-state index contributed by atoms with van der Waals surface area (Å²) in [6.07, 6.45) is -2.77. The molecule has 0 bridgehead atoms. The third kappa shape index (κ3) is 4.24. The Morgan fingerprint density at radius 3 is 2.26 bits per heavy atom. The number of nitrogens with zero attached hydrogens (tertiary/aromatic N) is 1. The summed E-state index contributed by atoms with van der Waals surface area (Å²) in [6, 6.07) is 4.16. The average Bonchev–Trinajstić information content (AvgIpc) is 3.34. The van der Waals surface area contributed by atoms with Crippen molar-refractivity contribution in [3.8, 4) is 0 Å². The molecule has 1 atom stereocenters. The van der Waals surface area contributed by atoms with Crippen LogP contribution in [0.15, 0.2) is 24.3 Å². The van der Waals surface area contributed by atoms with Gasteiger partial charge in [0.1, 0.15) is 0 Å². The van der Waals surface area contributed by atoms with E-state index in [9.17, 15) is 22.8 Å². The SMILES string of the molecule is COC(=O)C(C)CN(C(=O)c1ccc(C(F)(F)F)cc1)C1CC1. The standard InChI is InChI=1S/C16H18F3NO3/c1-10(15(22)23-2)9-20(13-7-8-13)14(21)11-3-5-12(6-4-11)16(17,18)19/h3-6,10,13H,7-9H2,1-2H3. The first kappa shape index (κ1) is 17.3. The highest BCUT2D eigenvalue weighted by atomic mass is 19.4. The van der Waals surface area contributed by atoms with Gasteiger partial charge >= 0.3 is 12.1 Å². The van der Waals surface area contributed by atoms with Gasteiger partial charge in [0.05, 0.1) is 18.6 Å². The van der Waals surface area contributed by atoms with Crippen LogP contribution in [-0.4, -0.2) is 36.5 Å². The second-order valence-electron chi connectivity index (χ2n) is 5.69. The number of halogens is 3. The number of hydrogen-bond donors (Lipinski definition) is 0. The highest BCUT2D eigenvalue weighted by Crippen LogP contribution is 2.31. The fourth-order valence-corrected chi connectivity index (χ4v) is 2.32. The van der Waals surface area contributed by atoms with E-state index in [-0.39, 0.29) is 24.1 Å². The number of carbonyl (C=O) groups is 2. The predicted molar refractivity (Wildman–Crippen MR) is 76.7 cm³/mol. The summed E-state index contributed by atoms with van der Waals surface area (Å²) >= 11 is 0. The molecular weight excluding hydrogens is 311 g/mol. The van der Waals surface area contributed by atoms with Gasteiger partial charge in [0, 0.05) is 18.2 Å². The largest absolute Gasteiger partial charge is 0.469 e. The predicted octanol–water partition coefficient (Wildman–Crippen LogP) is 3.12. The van der Waals surface area contributed by atoms with E-state index in [2.05, 4.69) is 4.74 Å². The monoisotopic (exact) mass is 329 g/mol. The molecule has 0 spiro atoms. The van der Waals surface area contributed by atoms with Gasteiger partial charge in [-0.3, -0.25) is 9.59 Å². The van der Waals surface area contributed by atoms with E-state index in [0.717, 1.165) is 25.0 Å². The van der Waals surface area contributed by atoms with Crippen LogP contribution in [0, 0.1) is 5.92 Å². The molecular formula is C16H18F3NO3. The van der Waals surface area contributed by atoms with Gasteiger partial charge in [0.15, 0.2) is 0 Å². The molecule has 0 aliphatic heterocycles. The van der Waals surface area contributed by atoms with Crippen molar-refractivity contribution in [3.05, 3.63) is 35.4 Å². The summed E-state index contributed by atoms with van der Waals surface area (Å²) in [5, 5.41) is 0. The molecule has 0 saturated heterocycles. The van der Waals surface area contributed by atoms with Gasteiger partial charge in [-0.1, -0.05) is 6.92 Å². The van der Waals surface area contributed by atoms with E-state index in [0.29, 0.717) is 0 Å². The number of esters is 1. The molecule has 7 heteroatoms. The van der Waals surface area contributed by atoms with Crippen LogP contribution in [0.4, 0.5) is 13.2 Å². The lowest BCUT2D eigenvalue weighted by atomic mass is 10.1. The van der Waals surface area contributed by atoms with Crippen LogP contribution in [-0.2, 0) is 15.7 Å². The van der Waals surface area contributed by atoms with E-state index in [1.165, 1.54) is 19.2 Å². The van der Waals surface area contributed by atoms with E-state index in [4.69, 9.17) is 0 Å². The number of ether oxygens (including phenoxy) is 1. The number of methoxy groups -OCH3 is 1. The Morgan fingerprint density at radius 1 is 1.26 bits per heavy atom. The molecule has 1 fully saturated rings. The summed E-state index contributed by atoms with van der Waals surface area (Å²) in [5.74, 6) is -1.27. The fourth-order valence-electron chi connectivity index (χ4n) is 2.32. The molecule has 1 amide bonds. The lowest BCUT2D eigenvalue weighted by Crippen LogP contribution is -2.38. The Hall–Kier alpha value is -2.05. The molecule has 0 radical (unpaired) electrons. The minimum Gasteiger partial charge on any atom is -0.469 e. The summed E-state index contributed by atoms with van der Waals surface area (Å²) in [7, 11) is 1.28. The first-order chi connectivity index (χ1) is 10.7. The second kappa shape index (κ2) is 6.60. The molecule has 0 heterocycles. The number of carbonyl (C=O) groups excluding carboxylic acids is 2. The number of rotatable bonds is 5. The topological polar surface area (TPSA) is 46.6 Å². The van der Waals surface area contributed by atoms with E-state index in [1.807, 2.05) is 0 Å². The van der Waals surface area contributed by atoms with Crippen molar-refractivity contribution in [1.82, 2.24) is 4.90 Å². The summed E-state index contributed by atoms with van der Waals surface area (Å²) in [4.78, 5) is 25.6. The van der Waals surface area contributed by atoms with Gasteiger partial charge in [-0.25, -0.2) is 0 Å². The van der Waals surface area contributed by atoms with E-state index >= 15 is 0 Å². The second-order valence-corrected chi connectivity index (χ2v) is 5.69. The highest BCUT2D eigenvalue weighted by molar-refractivity contribution is 5.95. The van der Waals surface area contributed by atoms with Crippen molar-refractivity contribution in [2.75, 3.05) is 13.7 Å². The first-order valence-electron chi connectivity index (χ1n) is 7.30. The van der Waals surface area contributed by atoms with Crippen LogP contribution in [0.3, 0.4) is 0 Å².